The summed E-state index contributed by atoms with van der Waals surface area (Å²) in [5, 5.41) is 10.4. The van der Waals surface area contributed by atoms with Crippen molar-refractivity contribution in [3.05, 3.63) is 12.2 Å². The Hall–Kier alpha value is -0.380. The van der Waals surface area contributed by atoms with E-state index in [0.717, 1.165) is 12.8 Å². The molecule has 1 N–H and O–H groups in total. The Balaban J connectivity index is 1.60. The van der Waals surface area contributed by atoms with E-state index in [2.05, 4.69) is 32.9 Å². The van der Waals surface area contributed by atoms with Crippen LogP contribution < -0.4 is 0 Å². The van der Waals surface area contributed by atoms with Crippen molar-refractivity contribution in [1.29, 1.82) is 0 Å². The number of rotatable bonds is 4. The summed E-state index contributed by atoms with van der Waals surface area (Å²) in [7, 11) is 0. The van der Waals surface area contributed by atoms with Crippen LogP contribution >= 0.6 is 0 Å². The van der Waals surface area contributed by atoms with Gasteiger partial charge in [-0.25, -0.2) is 0 Å². The van der Waals surface area contributed by atoms with E-state index >= 15 is 0 Å². The highest BCUT2D eigenvalue weighted by atomic mass is 16.7. The van der Waals surface area contributed by atoms with Crippen molar-refractivity contribution in [3.63, 3.8) is 0 Å². The zero-order chi connectivity index (χ0) is 17.6. The van der Waals surface area contributed by atoms with Gasteiger partial charge < -0.3 is 14.6 Å². The SMILES string of the molecule is CC(C=CCC1(C)COC(C)(C)O1)C1CCC2C(O)CCCC12C. The molecule has 1 aliphatic heterocycles. The molecule has 6 unspecified atom stereocenters. The zero-order valence-electron chi connectivity index (χ0n) is 16.2. The number of ether oxygens (including phenoxy) is 2. The minimum atomic E-state index is -0.460. The third-order valence-corrected chi connectivity index (χ3v) is 7.00. The number of hydrogen-bond acceptors (Lipinski definition) is 3. The minimum absolute atomic E-state index is 0.0740. The van der Waals surface area contributed by atoms with Gasteiger partial charge >= 0.3 is 0 Å². The maximum Gasteiger partial charge on any atom is 0.163 e. The highest BCUT2D eigenvalue weighted by molar-refractivity contribution is 5.06. The fourth-order valence-corrected chi connectivity index (χ4v) is 5.80. The molecule has 2 aliphatic carbocycles. The molecule has 0 radical (unpaired) electrons. The molecule has 3 heteroatoms. The molecule has 0 bridgehead atoms. The molecule has 0 aromatic heterocycles. The summed E-state index contributed by atoms with van der Waals surface area (Å²) in [5.41, 5.74) is 0.114. The topological polar surface area (TPSA) is 38.7 Å². The van der Waals surface area contributed by atoms with E-state index < -0.39 is 5.79 Å². The highest BCUT2D eigenvalue weighted by Crippen LogP contribution is 2.57. The first kappa shape index (κ1) is 18.4. The van der Waals surface area contributed by atoms with Crippen molar-refractivity contribution in [2.75, 3.05) is 6.61 Å². The second-order valence-corrected chi connectivity index (χ2v) is 9.49. The van der Waals surface area contributed by atoms with E-state index in [9.17, 15) is 5.11 Å². The lowest BCUT2D eigenvalue weighted by Crippen LogP contribution is -2.41. The molecule has 1 saturated heterocycles. The first-order valence-corrected chi connectivity index (χ1v) is 9.84. The van der Waals surface area contributed by atoms with Gasteiger partial charge in [0.2, 0.25) is 0 Å². The third-order valence-electron chi connectivity index (χ3n) is 7.00. The second-order valence-electron chi connectivity index (χ2n) is 9.49. The van der Waals surface area contributed by atoms with Crippen LogP contribution in [0.15, 0.2) is 12.2 Å². The molecule has 0 aromatic rings. The van der Waals surface area contributed by atoms with Crippen molar-refractivity contribution in [2.24, 2.45) is 23.2 Å². The van der Waals surface area contributed by atoms with Crippen molar-refractivity contribution < 1.29 is 14.6 Å². The Morgan fingerprint density at radius 2 is 1.92 bits per heavy atom. The fraction of sp³-hybridized carbons (Fsp3) is 0.905. The highest BCUT2D eigenvalue weighted by Gasteiger charge is 2.51. The number of aliphatic hydroxyl groups is 1. The van der Waals surface area contributed by atoms with Gasteiger partial charge in [0.1, 0.15) is 0 Å². The summed E-state index contributed by atoms with van der Waals surface area (Å²) in [6, 6.07) is 0. The predicted molar refractivity (Wildman–Crippen MR) is 96.6 cm³/mol. The smallest absolute Gasteiger partial charge is 0.163 e. The molecular formula is C21H36O3. The number of allylic oxidation sites excluding steroid dienone is 1. The monoisotopic (exact) mass is 336 g/mol. The Labute approximate surface area is 147 Å². The van der Waals surface area contributed by atoms with Gasteiger partial charge in [0.25, 0.3) is 0 Å². The summed E-state index contributed by atoms with van der Waals surface area (Å²) < 4.78 is 11.8. The van der Waals surface area contributed by atoms with Gasteiger partial charge in [-0.2, -0.15) is 0 Å². The molecule has 0 aromatic carbocycles. The lowest BCUT2D eigenvalue weighted by atomic mass is 9.62. The molecule has 6 atom stereocenters. The predicted octanol–water partition coefficient (Wildman–Crippen LogP) is 4.69. The summed E-state index contributed by atoms with van der Waals surface area (Å²) in [4.78, 5) is 0. The van der Waals surface area contributed by atoms with Gasteiger partial charge in [0, 0.05) is 0 Å². The summed E-state index contributed by atoms with van der Waals surface area (Å²) in [5.74, 6) is 1.30. The normalized spacial score (nSPS) is 46.3. The average molecular weight is 337 g/mol. The van der Waals surface area contributed by atoms with E-state index in [0.29, 0.717) is 29.8 Å². The molecule has 24 heavy (non-hydrogen) atoms. The third kappa shape index (κ3) is 3.45. The van der Waals surface area contributed by atoms with Gasteiger partial charge in [0.05, 0.1) is 18.3 Å². The zero-order valence-corrected chi connectivity index (χ0v) is 16.2. The molecule has 3 fully saturated rings. The van der Waals surface area contributed by atoms with Crippen LogP contribution in [0, 0.1) is 23.2 Å². The molecule has 3 nitrogen and oxygen atoms in total. The number of fused-ring (bicyclic) bond motifs is 1. The first-order chi connectivity index (χ1) is 11.2. The van der Waals surface area contributed by atoms with Gasteiger partial charge in [-0.15, -0.1) is 0 Å². The molecule has 138 valence electrons. The molecule has 3 rings (SSSR count). The quantitative estimate of drug-likeness (QED) is 0.757. The average Bonchev–Trinajstić information content (AvgIpc) is 2.96. The summed E-state index contributed by atoms with van der Waals surface area (Å²) >= 11 is 0. The summed E-state index contributed by atoms with van der Waals surface area (Å²) in [6.45, 7) is 11.6. The Morgan fingerprint density at radius 3 is 2.58 bits per heavy atom. The Morgan fingerprint density at radius 1 is 1.17 bits per heavy atom. The van der Waals surface area contributed by atoms with Crippen LogP contribution in [0.3, 0.4) is 0 Å². The standard InChI is InChI=1S/C21H36O3/c1-15(8-6-12-20(4)14-23-19(2,3)24-20)16-10-11-17-18(22)9-7-13-21(16,17)5/h6,8,15-18,22H,7,9-14H2,1-5H3. The van der Waals surface area contributed by atoms with Crippen LogP contribution in [0.2, 0.25) is 0 Å². The molecule has 1 heterocycles. The van der Waals surface area contributed by atoms with Crippen molar-refractivity contribution >= 4 is 0 Å². The van der Waals surface area contributed by atoms with Crippen LogP contribution in [0.25, 0.3) is 0 Å². The molecule has 3 aliphatic rings. The van der Waals surface area contributed by atoms with E-state index in [1.165, 1.54) is 25.7 Å². The molecule has 2 saturated carbocycles. The van der Waals surface area contributed by atoms with Crippen LogP contribution in [-0.4, -0.2) is 29.2 Å². The van der Waals surface area contributed by atoms with Crippen LogP contribution in [-0.2, 0) is 9.47 Å². The number of aliphatic hydroxyl groups excluding tert-OH is 1. The molecule has 0 amide bonds. The van der Waals surface area contributed by atoms with Crippen LogP contribution in [0.5, 0.6) is 0 Å². The maximum absolute atomic E-state index is 10.4. The summed E-state index contributed by atoms with van der Waals surface area (Å²) in [6.07, 6.45) is 11.4. The van der Waals surface area contributed by atoms with Gasteiger partial charge in [-0.1, -0.05) is 32.4 Å². The van der Waals surface area contributed by atoms with Gasteiger partial charge in [-0.05, 0) is 76.0 Å². The van der Waals surface area contributed by atoms with Crippen LogP contribution in [0.4, 0.5) is 0 Å². The lowest BCUT2D eigenvalue weighted by Gasteiger charge is -2.44. The fourth-order valence-electron chi connectivity index (χ4n) is 5.80. The molecule has 0 spiro atoms. The lowest BCUT2D eigenvalue weighted by molar-refractivity contribution is -0.156. The minimum Gasteiger partial charge on any atom is -0.393 e. The van der Waals surface area contributed by atoms with E-state index in [1.54, 1.807) is 0 Å². The van der Waals surface area contributed by atoms with Gasteiger partial charge in [0.15, 0.2) is 5.79 Å². The molecular weight excluding hydrogens is 300 g/mol. The second kappa shape index (κ2) is 6.41. The van der Waals surface area contributed by atoms with Gasteiger partial charge in [-0.3, -0.25) is 0 Å². The Kier molecular flexibility index (Phi) is 4.92. The Bertz CT molecular complexity index is 485. The number of hydrogen-bond donors (Lipinski definition) is 1. The van der Waals surface area contributed by atoms with E-state index in [4.69, 9.17) is 9.47 Å². The van der Waals surface area contributed by atoms with E-state index in [1.807, 2.05) is 13.8 Å². The van der Waals surface area contributed by atoms with Crippen molar-refractivity contribution in [3.8, 4) is 0 Å². The first-order valence-electron chi connectivity index (χ1n) is 9.84. The largest absolute Gasteiger partial charge is 0.393 e. The van der Waals surface area contributed by atoms with E-state index in [-0.39, 0.29) is 11.7 Å². The van der Waals surface area contributed by atoms with Crippen molar-refractivity contribution in [1.82, 2.24) is 0 Å². The van der Waals surface area contributed by atoms with Crippen LogP contribution in [0.1, 0.15) is 73.1 Å². The van der Waals surface area contributed by atoms with Crippen molar-refractivity contribution in [2.45, 2.75) is 90.6 Å². The maximum atomic E-state index is 10.4.